The predicted octanol–water partition coefficient (Wildman–Crippen LogP) is 2.75. The summed E-state index contributed by atoms with van der Waals surface area (Å²) in [5, 5.41) is 0. The van der Waals surface area contributed by atoms with Crippen molar-refractivity contribution in [1.29, 1.82) is 0 Å². The molecule has 0 N–H and O–H groups in total. The van der Waals surface area contributed by atoms with Crippen LogP contribution in [-0.2, 0) is 20.7 Å². The fourth-order valence-corrected chi connectivity index (χ4v) is 2.22. The molecule has 90 valence electrons. The second kappa shape index (κ2) is 6.01. The van der Waals surface area contributed by atoms with Crippen LogP contribution in [0.15, 0.2) is 29.2 Å². The lowest BCUT2D eigenvalue weighted by Gasteiger charge is -2.05. The van der Waals surface area contributed by atoms with E-state index >= 15 is 0 Å². The summed E-state index contributed by atoms with van der Waals surface area (Å²) < 4.78 is 28.3. The third-order valence-electron chi connectivity index (χ3n) is 2.36. The molecule has 0 heterocycles. The highest BCUT2D eigenvalue weighted by molar-refractivity contribution is 7.86. The molecule has 0 radical (unpaired) electrons. The highest BCUT2D eigenvalue weighted by atomic mass is 32.2. The van der Waals surface area contributed by atoms with Gasteiger partial charge in [-0.05, 0) is 30.5 Å². The average Bonchev–Trinajstić information content (AvgIpc) is 2.29. The molecule has 0 unspecified atom stereocenters. The van der Waals surface area contributed by atoms with E-state index in [1.54, 1.807) is 12.1 Å². The van der Waals surface area contributed by atoms with E-state index in [0.29, 0.717) is 0 Å². The Kier molecular flexibility index (Phi) is 4.96. The fourth-order valence-electron chi connectivity index (χ4n) is 1.27. The van der Waals surface area contributed by atoms with Gasteiger partial charge in [0.25, 0.3) is 10.1 Å². The van der Waals surface area contributed by atoms with Gasteiger partial charge in [0.15, 0.2) is 0 Å². The summed E-state index contributed by atoms with van der Waals surface area (Å²) in [5.41, 5.74) is 1.12. The molecule has 0 aliphatic rings. The van der Waals surface area contributed by atoms with Crippen LogP contribution in [0.2, 0.25) is 0 Å². The summed E-state index contributed by atoms with van der Waals surface area (Å²) in [5.74, 6) is 0. The molecule has 0 aliphatic heterocycles. The first-order valence-electron chi connectivity index (χ1n) is 5.58. The minimum Gasteiger partial charge on any atom is -0.266 e. The standard InChI is InChI=1S/C12H18O3S/c1-3-5-10-15-16(13,14)12-8-6-11(4-2)7-9-12/h6-9H,3-5,10H2,1-2H3. The van der Waals surface area contributed by atoms with E-state index in [1.165, 1.54) is 0 Å². The van der Waals surface area contributed by atoms with Gasteiger partial charge >= 0.3 is 0 Å². The summed E-state index contributed by atoms with van der Waals surface area (Å²) >= 11 is 0. The topological polar surface area (TPSA) is 43.4 Å². The van der Waals surface area contributed by atoms with Crippen molar-refractivity contribution in [2.45, 2.75) is 38.0 Å². The van der Waals surface area contributed by atoms with Crippen LogP contribution in [0.1, 0.15) is 32.3 Å². The Morgan fingerprint density at radius 3 is 2.25 bits per heavy atom. The van der Waals surface area contributed by atoms with Gasteiger partial charge in [0.2, 0.25) is 0 Å². The quantitative estimate of drug-likeness (QED) is 0.569. The van der Waals surface area contributed by atoms with Crippen molar-refractivity contribution in [3.8, 4) is 0 Å². The Bertz CT molecular complexity index is 406. The van der Waals surface area contributed by atoms with Crippen molar-refractivity contribution in [1.82, 2.24) is 0 Å². The van der Waals surface area contributed by atoms with Crippen LogP contribution >= 0.6 is 0 Å². The van der Waals surface area contributed by atoms with Gasteiger partial charge < -0.3 is 0 Å². The Morgan fingerprint density at radius 2 is 1.75 bits per heavy atom. The molecule has 1 aromatic carbocycles. The van der Waals surface area contributed by atoms with Crippen molar-refractivity contribution >= 4 is 10.1 Å². The zero-order valence-corrected chi connectivity index (χ0v) is 10.6. The lowest BCUT2D eigenvalue weighted by atomic mass is 10.2. The molecule has 0 atom stereocenters. The zero-order chi connectivity index (χ0) is 12.0. The summed E-state index contributed by atoms with van der Waals surface area (Å²) in [7, 11) is -3.56. The Labute approximate surface area is 97.6 Å². The maximum Gasteiger partial charge on any atom is 0.296 e. The van der Waals surface area contributed by atoms with Gasteiger partial charge in [0.1, 0.15) is 0 Å². The van der Waals surface area contributed by atoms with Crippen molar-refractivity contribution in [3.63, 3.8) is 0 Å². The normalized spacial score (nSPS) is 11.6. The minimum atomic E-state index is -3.56. The van der Waals surface area contributed by atoms with Gasteiger partial charge in [-0.3, -0.25) is 4.18 Å². The summed E-state index contributed by atoms with van der Waals surface area (Å²) in [6.07, 6.45) is 2.58. The lowest BCUT2D eigenvalue weighted by Crippen LogP contribution is -2.07. The maximum absolute atomic E-state index is 11.7. The van der Waals surface area contributed by atoms with Crippen molar-refractivity contribution in [2.24, 2.45) is 0 Å². The van der Waals surface area contributed by atoms with E-state index in [0.717, 1.165) is 24.8 Å². The minimum absolute atomic E-state index is 0.237. The highest BCUT2D eigenvalue weighted by Crippen LogP contribution is 2.14. The van der Waals surface area contributed by atoms with Gasteiger partial charge in [0.05, 0.1) is 11.5 Å². The first-order chi connectivity index (χ1) is 7.60. The Balaban J connectivity index is 2.74. The van der Waals surface area contributed by atoms with Crippen molar-refractivity contribution in [2.75, 3.05) is 6.61 Å². The van der Waals surface area contributed by atoms with Crippen LogP contribution in [0.25, 0.3) is 0 Å². The molecule has 1 rings (SSSR count). The van der Waals surface area contributed by atoms with Gasteiger partial charge in [-0.2, -0.15) is 8.42 Å². The van der Waals surface area contributed by atoms with E-state index in [2.05, 4.69) is 0 Å². The monoisotopic (exact) mass is 242 g/mol. The van der Waals surface area contributed by atoms with E-state index in [1.807, 2.05) is 26.0 Å². The van der Waals surface area contributed by atoms with Crippen LogP contribution in [0.3, 0.4) is 0 Å². The van der Waals surface area contributed by atoms with Crippen LogP contribution in [0.4, 0.5) is 0 Å². The lowest BCUT2D eigenvalue weighted by molar-refractivity contribution is 0.311. The molecule has 1 aromatic rings. The van der Waals surface area contributed by atoms with Crippen molar-refractivity contribution in [3.05, 3.63) is 29.8 Å². The Morgan fingerprint density at radius 1 is 1.12 bits per heavy atom. The molecule has 0 amide bonds. The van der Waals surface area contributed by atoms with Gasteiger partial charge in [0, 0.05) is 0 Å². The SMILES string of the molecule is CCCCOS(=O)(=O)c1ccc(CC)cc1. The number of unbranched alkanes of at least 4 members (excludes halogenated alkanes) is 1. The predicted molar refractivity (Wildman–Crippen MR) is 63.9 cm³/mol. The molecule has 0 fully saturated rings. The first kappa shape index (κ1) is 13.2. The van der Waals surface area contributed by atoms with Crippen LogP contribution in [0, 0.1) is 0 Å². The van der Waals surface area contributed by atoms with Gasteiger partial charge in [-0.15, -0.1) is 0 Å². The molecule has 16 heavy (non-hydrogen) atoms. The number of aryl methyl sites for hydroxylation is 1. The molecule has 0 saturated carbocycles. The molecule has 0 aromatic heterocycles. The average molecular weight is 242 g/mol. The fraction of sp³-hybridized carbons (Fsp3) is 0.500. The number of hydrogen-bond donors (Lipinski definition) is 0. The molecule has 0 aliphatic carbocycles. The molecular weight excluding hydrogens is 224 g/mol. The van der Waals surface area contributed by atoms with Gasteiger partial charge in [-0.25, -0.2) is 0 Å². The summed E-state index contributed by atoms with van der Waals surface area (Å²) in [4.78, 5) is 0.237. The number of hydrogen-bond acceptors (Lipinski definition) is 3. The Hall–Kier alpha value is -0.870. The summed E-state index contributed by atoms with van der Waals surface area (Å²) in [6, 6.07) is 6.83. The second-order valence-electron chi connectivity index (χ2n) is 3.63. The second-order valence-corrected chi connectivity index (χ2v) is 5.24. The number of rotatable bonds is 6. The maximum atomic E-state index is 11.7. The van der Waals surface area contributed by atoms with E-state index in [-0.39, 0.29) is 11.5 Å². The van der Waals surface area contributed by atoms with E-state index < -0.39 is 10.1 Å². The van der Waals surface area contributed by atoms with E-state index in [4.69, 9.17) is 4.18 Å². The third-order valence-corrected chi connectivity index (χ3v) is 3.68. The molecule has 0 bridgehead atoms. The van der Waals surface area contributed by atoms with Crippen molar-refractivity contribution < 1.29 is 12.6 Å². The molecule has 3 nitrogen and oxygen atoms in total. The number of benzene rings is 1. The largest absolute Gasteiger partial charge is 0.296 e. The van der Waals surface area contributed by atoms with Crippen LogP contribution < -0.4 is 0 Å². The van der Waals surface area contributed by atoms with Crippen LogP contribution in [0.5, 0.6) is 0 Å². The third kappa shape index (κ3) is 3.61. The highest BCUT2D eigenvalue weighted by Gasteiger charge is 2.13. The summed E-state index contributed by atoms with van der Waals surface area (Å²) in [6.45, 7) is 4.28. The first-order valence-corrected chi connectivity index (χ1v) is 6.99. The smallest absolute Gasteiger partial charge is 0.266 e. The van der Waals surface area contributed by atoms with E-state index in [9.17, 15) is 8.42 Å². The molecule has 0 spiro atoms. The molecular formula is C12H18O3S. The molecule has 4 heteroatoms. The van der Waals surface area contributed by atoms with Crippen LogP contribution in [-0.4, -0.2) is 15.0 Å². The molecule has 0 saturated heterocycles. The van der Waals surface area contributed by atoms with Gasteiger partial charge in [-0.1, -0.05) is 32.4 Å². The zero-order valence-electron chi connectivity index (χ0n) is 9.77.